The van der Waals surface area contributed by atoms with Gasteiger partial charge >= 0.3 is 5.97 Å². The number of carbonyl (C=O) groups excluding carboxylic acids is 2. The van der Waals surface area contributed by atoms with Crippen LogP contribution in [0, 0.1) is 0 Å². The van der Waals surface area contributed by atoms with Crippen LogP contribution in [0.3, 0.4) is 0 Å². The average Bonchev–Trinajstić information content (AvgIpc) is 2.68. The summed E-state index contributed by atoms with van der Waals surface area (Å²) in [5, 5.41) is 0. The molecule has 0 radical (unpaired) electrons. The predicted octanol–water partition coefficient (Wildman–Crippen LogP) is 1.21. The first-order chi connectivity index (χ1) is 8.15. The van der Waals surface area contributed by atoms with Gasteiger partial charge < -0.3 is 14.9 Å². The van der Waals surface area contributed by atoms with Crippen molar-refractivity contribution in [1.29, 1.82) is 0 Å². The summed E-state index contributed by atoms with van der Waals surface area (Å²) in [7, 11) is 0. The number of nitrogens with two attached hydrogens (primary N) is 1. The Balaban J connectivity index is 2.66. The molecule has 0 unspecified atom stereocenters. The zero-order chi connectivity index (χ0) is 12.4. The van der Waals surface area contributed by atoms with Gasteiger partial charge in [-0.25, -0.2) is 4.79 Å². The molecule has 2 N–H and O–H groups in total. The van der Waals surface area contributed by atoms with Gasteiger partial charge in [0.25, 0.3) is 5.91 Å². The van der Waals surface area contributed by atoms with E-state index in [1.807, 2.05) is 0 Å². The fourth-order valence-corrected chi connectivity index (χ4v) is 1.74. The second-order valence-electron chi connectivity index (χ2n) is 3.50. The van der Waals surface area contributed by atoms with Gasteiger partial charge in [-0.3, -0.25) is 4.79 Å². The number of aromatic nitrogens is 1. The number of pyridine rings is 1. The number of hydrogen-bond donors (Lipinski definition) is 1. The highest BCUT2D eigenvalue weighted by Crippen LogP contribution is 2.19. The van der Waals surface area contributed by atoms with E-state index in [0.717, 1.165) is 0 Å². The quantitative estimate of drug-likeness (QED) is 0.808. The molecule has 0 fully saturated rings. The predicted molar refractivity (Wildman–Crippen MR) is 61.9 cm³/mol. The Morgan fingerprint density at radius 2 is 2.18 bits per heavy atom. The molecule has 0 aromatic carbocycles. The van der Waals surface area contributed by atoms with Crippen LogP contribution < -0.4 is 5.73 Å². The fourth-order valence-electron chi connectivity index (χ4n) is 1.74. The van der Waals surface area contributed by atoms with Crippen LogP contribution in [0.25, 0.3) is 5.52 Å². The first-order valence-electron chi connectivity index (χ1n) is 5.21. The highest BCUT2D eigenvalue weighted by molar-refractivity contribution is 6.10. The van der Waals surface area contributed by atoms with Crippen molar-refractivity contribution in [2.75, 3.05) is 6.61 Å². The number of ether oxygens (including phenoxy) is 1. The van der Waals surface area contributed by atoms with Crippen molar-refractivity contribution >= 4 is 17.4 Å². The van der Waals surface area contributed by atoms with E-state index >= 15 is 0 Å². The summed E-state index contributed by atoms with van der Waals surface area (Å²) in [6.07, 6.45) is 3.29. The Labute approximate surface area is 97.8 Å². The third-order valence-corrected chi connectivity index (χ3v) is 2.43. The van der Waals surface area contributed by atoms with Crippen molar-refractivity contribution in [3.05, 3.63) is 41.7 Å². The molecule has 0 atom stereocenters. The lowest BCUT2D eigenvalue weighted by atomic mass is 10.1. The topological polar surface area (TPSA) is 73.8 Å². The molecular weight excluding hydrogens is 220 g/mol. The molecule has 0 saturated carbocycles. The van der Waals surface area contributed by atoms with Crippen LogP contribution in [0.1, 0.15) is 27.6 Å². The lowest BCUT2D eigenvalue weighted by molar-refractivity contribution is 0.0523. The molecule has 0 aliphatic rings. The Morgan fingerprint density at radius 1 is 1.41 bits per heavy atom. The first kappa shape index (κ1) is 11.2. The summed E-state index contributed by atoms with van der Waals surface area (Å²) in [6, 6.07) is 5.30. The molecule has 2 rings (SSSR count). The number of primary amides is 1. The molecule has 0 spiro atoms. The van der Waals surface area contributed by atoms with Crippen molar-refractivity contribution in [1.82, 2.24) is 4.40 Å². The van der Waals surface area contributed by atoms with Gasteiger partial charge in [-0.2, -0.15) is 0 Å². The summed E-state index contributed by atoms with van der Waals surface area (Å²) < 4.78 is 6.56. The average molecular weight is 232 g/mol. The van der Waals surface area contributed by atoms with Crippen molar-refractivity contribution in [2.45, 2.75) is 6.92 Å². The SMILES string of the molecule is CCOC(=O)c1cn2ccccc2c1C(N)=O. The standard InChI is InChI=1S/C12H12N2O3/c1-2-17-12(16)8-7-14-6-4-3-5-9(14)10(8)11(13)15/h3-7H,2H2,1H3,(H2,13,15). The van der Waals surface area contributed by atoms with Crippen LogP contribution in [0.2, 0.25) is 0 Å². The van der Waals surface area contributed by atoms with Crippen LogP contribution in [-0.4, -0.2) is 22.9 Å². The molecule has 2 heterocycles. The molecule has 88 valence electrons. The third kappa shape index (κ3) is 1.87. The number of carbonyl (C=O) groups is 2. The van der Waals surface area contributed by atoms with Gasteiger partial charge in [0.15, 0.2) is 0 Å². The molecule has 0 bridgehead atoms. The lowest BCUT2D eigenvalue weighted by Gasteiger charge is -2.00. The van der Waals surface area contributed by atoms with E-state index in [-0.39, 0.29) is 17.7 Å². The molecule has 0 aliphatic heterocycles. The van der Waals surface area contributed by atoms with Gasteiger partial charge in [-0.15, -0.1) is 0 Å². The molecule has 2 aromatic heterocycles. The van der Waals surface area contributed by atoms with E-state index in [2.05, 4.69) is 0 Å². The third-order valence-electron chi connectivity index (χ3n) is 2.43. The second kappa shape index (κ2) is 4.29. The Bertz CT molecular complexity index is 586. The largest absolute Gasteiger partial charge is 0.462 e. The van der Waals surface area contributed by atoms with Crippen molar-refractivity contribution in [3.8, 4) is 0 Å². The number of rotatable bonds is 3. The van der Waals surface area contributed by atoms with E-state index in [1.165, 1.54) is 0 Å². The number of fused-ring (bicyclic) bond motifs is 1. The Morgan fingerprint density at radius 3 is 2.82 bits per heavy atom. The summed E-state index contributed by atoms with van der Waals surface area (Å²) >= 11 is 0. The van der Waals surface area contributed by atoms with Crippen LogP contribution in [0.4, 0.5) is 0 Å². The molecule has 1 amide bonds. The van der Waals surface area contributed by atoms with Gasteiger partial charge in [0.05, 0.1) is 23.3 Å². The molecule has 17 heavy (non-hydrogen) atoms. The van der Waals surface area contributed by atoms with Gasteiger partial charge in [0.2, 0.25) is 0 Å². The van der Waals surface area contributed by atoms with Gasteiger partial charge in [0.1, 0.15) is 0 Å². The maximum atomic E-state index is 11.7. The zero-order valence-corrected chi connectivity index (χ0v) is 9.34. The van der Waals surface area contributed by atoms with Gasteiger partial charge in [-0.1, -0.05) is 6.07 Å². The Kier molecular flexibility index (Phi) is 2.82. The minimum absolute atomic E-state index is 0.198. The van der Waals surface area contributed by atoms with Crippen molar-refractivity contribution in [2.24, 2.45) is 5.73 Å². The molecule has 0 aliphatic carbocycles. The summed E-state index contributed by atoms with van der Waals surface area (Å²) in [5.74, 6) is -1.17. The fraction of sp³-hybridized carbons (Fsp3) is 0.167. The van der Waals surface area contributed by atoms with Crippen LogP contribution in [-0.2, 0) is 4.74 Å². The highest BCUT2D eigenvalue weighted by atomic mass is 16.5. The summed E-state index contributed by atoms with van der Waals surface area (Å²) in [5.41, 5.74) is 6.30. The van der Waals surface area contributed by atoms with E-state index in [4.69, 9.17) is 10.5 Å². The molecule has 0 saturated heterocycles. The maximum absolute atomic E-state index is 11.7. The molecule has 2 aromatic rings. The smallest absolute Gasteiger partial charge is 0.340 e. The minimum atomic E-state index is -0.637. The van der Waals surface area contributed by atoms with E-state index < -0.39 is 11.9 Å². The van der Waals surface area contributed by atoms with Crippen LogP contribution in [0.5, 0.6) is 0 Å². The monoisotopic (exact) mass is 232 g/mol. The van der Waals surface area contributed by atoms with E-state index in [1.54, 1.807) is 41.9 Å². The van der Waals surface area contributed by atoms with Crippen molar-refractivity contribution in [3.63, 3.8) is 0 Å². The second-order valence-corrected chi connectivity index (χ2v) is 3.50. The minimum Gasteiger partial charge on any atom is -0.462 e. The molecular formula is C12H12N2O3. The van der Waals surface area contributed by atoms with E-state index in [0.29, 0.717) is 5.52 Å². The highest BCUT2D eigenvalue weighted by Gasteiger charge is 2.21. The molecule has 5 nitrogen and oxygen atoms in total. The normalized spacial score (nSPS) is 10.4. The first-order valence-corrected chi connectivity index (χ1v) is 5.21. The van der Waals surface area contributed by atoms with Crippen LogP contribution >= 0.6 is 0 Å². The zero-order valence-electron chi connectivity index (χ0n) is 9.34. The maximum Gasteiger partial charge on any atom is 0.340 e. The number of nitrogens with zero attached hydrogens (tertiary/aromatic N) is 1. The number of hydrogen-bond acceptors (Lipinski definition) is 3. The number of esters is 1. The van der Waals surface area contributed by atoms with Crippen molar-refractivity contribution < 1.29 is 14.3 Å². The molecule has 5 heteroatoms. The van der Waals surface area contributed by atoms with Crippen LogP contribution in [0.15, 0.2) is 30.6 Å². The van der Waals surface area contributed by atoms with Gasteiger partial charge in [-0.05, 0) is 19.1 Å². The lowest BCUT2D eigenvalue weighted by Crippen LogP contribution is -2.16. The number of amides is 1. The van der Waals surface area contributed by atoms with Gasteiger partial charge in [0, 0.05) is 12.4 Å². The summed E-state index contributed by atoms with van der Waals surface area (Å²) in [6.45, 7) is 1.96. The summed E-state index contributed by atoms with van der Waals surface area (Å²) in [4.78, 5) is 23.1. The Hall–Kier alpha value is -2.30. The van der Waals surface area contributed by atoms with E-state index in [9.17, 15) is 9.59 Å².